The van der Waals surface area contributed by atoms with Crippen LogP contribution in [0.25, 0.3) is 0 Å². The zero-order valence-corrected chi connectivity index (χ0v) is 22.5. The minimum absolute atomic E-state index is 0. The Morgan fingerprint density at radius 2 is 1.79 bits per heavy atom. The lowest BCUT2D eigenvalue weighted by Gasteiger charge is -2.34. The number of aliphatic imine (C=N–C) groups is 1. The molecule has 33 heavy (non-hydrogen) atoms. The van der Waals surface area contributed by atoms with Crippen LogP contribution in [0, 0.1) is 0 Å². The van der Waals surface area contributed by atoms with Crippen LogP contribution in [-0.4, -0.2) is 69.2 Å². The van der Waals surface area contributed by atoms with Crippen molar-refractivity contribution in [2.75, 3.05) is 63.2 Å². The van der Waals surface area contributed by atoms with Crippen molar-refractivity contribution in [3.8, 4) is 0 Å². The average Bonchev–Trinajstić information content (AvgIpc) is 3.38. The molecule has 8 heteroatoms. The van der Waals surface area contributed by atoms with Crippen molar-refractivity contribution >= 4 is 41.4 Å². The van der Waals surface area contributed by atoms with Crippen molar-refractivity contribution < 1.29 is 0 Å². The van der Waals surface area contributed by atoms with Crippen molar-refractivity contribution in [3.05, 3.63) is 53.7 Å². The minimum atomic E-state index is 0. The maximum absolute atomic E-state index is 4.69. The number of nitrogens with one attached hydrogen (secondary N) is 2. The van der Waals surface area contributed by atoms with Crippen LogP contribution in [0.3, 0.4) is 0 Å². The molecule has 0 radical (unpaired) electrons. The van der Waals surface area contributed by atoms with E-state index in [2.05, 4.69) is 79.6 Å². The smallest absolute Gasteiger partial charge is 0.191 e. The number of hydrogen-bond donors (Lipinski definition) is 2. The van der Waals surface area contributed by atoms with Gasteiger partial charge in [-0.15, -0.1) is 24.0 Å². The number of halogens is 1. The number of anilines is 2. The summed E-state index contributed by atoms with van der Waals surface area (Å²) in [6, 6.07) is 13.2. The lowest BCUT2D eigenvalue weighted by Crippen LogP contribution is -2.45. The predicted octanol–water partition coefficient (Wildman–Crippen LogP) is 3.48. The molecule has 1 aromatic heterocycles. The number of hydrogen-bond acceptors (Lipinski definition) is 5. The Bertz CT molecular complexity index is 905. The van der Waals surface area contributed by atoms with E-state index in [9.17, 15) is 0 Å². The summed E-state index contributed by atoms with van der Waals surface area (Å²) in [5.41, 5.74) is 3.80. The Kier molecular flexibility index (Phi) is 9.61. The molecular formula is C25H38IN7. The maximum atomic E-state index is 4.69. The van der Waals surface area contributed by atoms with E-state index in [0.29, 0.717) is 6.54 Å². The Balaban J connectivity index is 0.00000306. The second-order valence-corrected chi connectivity index (χ2v) is 8.86. The number of benzene rings is 1. The molecule has 0 aliphatic carbocycles. The summed E-state index contributed by atoms with van der Waals surface area (Å²) in [7, 11) is 4.00. The van der Waals surface area contributed by atoms with Crippen LogP contribution in [0.15, 0.2) is 47.6 Å². The Morgan fingerprint density at radius 1 is 1.03 bits per heavy atom. The van der Waals surface area contributed by atoms with Crippen LogP contribution in [0.4, 0.5) is 11.5 Å². The zero-order chi connectivity index (χ0) is 22.3. The summed E-state index contributed by atoms with van der Waals surface area (Å²) < 4.78 is 0. The number of nitrogens with zero attached hydrogens (tertiary/aromatic N) is 5. The van der Waals surface area contributed by atoms with Gasteiger partial charge in [-0.25, -0.2) is 4.98 Å². The second kappa shape index (κ2) is 12.4. The van der Waals surface area contributed by atoms with Gasteiger partial charge in [0.25, 0.3) is 0 Å². The molecule has 7 nitrogen and oxygen atoms in total. The van der Waals surface area contributed by atoms with E-state index in [0.717, 1.165) is 51.0 Å². The summed E-state index contributed by atoms with van der Waals surface area (Å²) in [6.07, 6.45) is 4.47. The van der Waals surface area contributed by atoms with Gasteiger partial charge < -0.3 is 25.3 Å². The van der Waals surface area contributed by atoms with E-state index < -0.39 is 0 Å². The van der Waals surface area contributed by atoms with Crippen molar-refractivity contribution in [2.24, 2.45) is 4.99 Å². The van der Waals surface area contributed by atoms with Crippen LogP contribution >= 0.6 is 24.0 Å². The van der Waals surface area contributed by atoms with Gasteiger partial charge in [0.2, 0.25) is 0 Å². The number of likely N-dealkylation sites (N-methyl/N-ethyl adjacent to an activating group) is 1. The van der Waals surface area contributed by atoms with Gasteiger partial charge in [-0.3, -0.25) is 4.99 Å². The molecule has 2 saturated heterocycles. The molecule has 4 rings (SSSR count). The molecular weight excluding hydrogens is 525 g/mol. The number of aromatic nitrogens is 1. The SMILES string of the molecule is CN=C(NCc1cccnc1N1CCN(C)CC1)NC(C)c1cccc(N2CCCC2)c1.I. The zero-order valence-electron chi connectivity index (χ0n) is 20.1. The first-order chi connectivity index (χ1) is 15.6. The van der Waals surface area contributed by atoms with Crippen molar-refractivity contribution in [1.82, 2.24) is 20.5 Å². The van der Waals surface area contributed by atoms with E-state index in [1.807, 2.05) is 19.3 Å². The summed E-state index contributed by atoms with van der Waals surface area (Å²) in [5.74, 6) is 1.88. The predicted molar refractivity (Wildman–Crippen MR) is 149 cm³/mol. The molecule has 2 aromatic rings. The van der Waals surface area contributed by atoms with Gasteiger partial charge in [-0.1, -0.05) is 18.2 Å². The Hall–Kier alpha value is -2.07. The molecule has 1 aromatic carbocycles. The standard InChI is InChI=1S/C25H37N7.HI/c1-20(21-8-6-10-23(18-21)31-12-4-5-13-31)29-25(26-2)28-19-22-9-7-11-27-24(22)32-16-14-30(3)15-17-32;/h6-11,18,20H,4-5,12-17,19H2,1-3H3,(H2,26,28,29);1H. The van der Waals surface area contributed by atoms with E-state index in [1.165, 1.54) is 29.7 Å². The van der Waals surface area contributed by atoms with Gasteiger partial charge in [0.05, 0.1) is 6.04 Å². The molecule has 180 valence electrons. The summed E-state index contributed by atoms with van der Waals surface area (Å²) in [4.78, 5) is 16.4. The van der Waals surface area contributed by atoms with E-state index >= 15 is 0 Å². The number of pyridine rings is 1. The van der Waals surface area contributed by atoms with Crippen molar-refractivity contribution in [1.29, 1.82) is 0 Å². The number of piperazine rings is 1. The van der Waals surface area contributed by atoms with E-state index in [4.69, 9.17) is 0 Å². The molecule has 2 fully saturated rings. The monoisotopic (exact) mass is 563 g/mol. The van der Waals surface area contributed by atoms with Crippen LogP contribution in [0.5, 0.6) is 0 Å². The number of rotatable bonds is 6. The van der Waals surface area contributed by atoms with Crippen LogP contribution in [0.2, 0.25) is 0 Å². The maximum Gasteiger partial charge on any atom is 0.191 e. The molecule has 2 aliphatic rings. The topological polar surface area (TPSA) is 59.0 Å². The molecule has 1 unspecified atom stereocenters. The van der Waals surface area contributed by atoms with Crippen molar-refractivity contribution in [3.63, 3.8) is 0 Å². The van der Waals surface area contributed by atoms with Crippen LogP contribution < -0.4 is 20.4 Å². The highest BCUT2D eigenvalue weighted by molar-refractivity contribution is 14.0. The quantitative estimate of drug-likeness (QED) is 0.319. The third-order valence-electron chi connectivity index (χ3n) is 6.53. The highest BCUT2D eigenvalue weighted by Crippen LogP contribution is 2.24. The third kappa shape index (κ3) is 6.72. The van der Waals surface area contributed by atoms with Crippen LogP contribution in [0.1, 0.15) is 36.9 Å². The fourth-order valence-corrected chi connectivity index (χ4v) is 4.50. The molecule has 0 spiro atoms. The van der Waals surface area contributed by atoms with Gasteiger partial charge in [0.1, 0.15) is 5.82 Å². The van der Waals surface area contributed by atoms with Gasteiger partial charge in [0.15, 0.2) is 5.96 Å². The first-order valence-electron chi connectivity index (χ1n) is 11.8. The Labute approximate surface area is 215 Å². The van der Waals surface area contributed by atoms with E-state index in [-0.39, 0.29) is 30.0 Å². The largest absolute Gasteiger partial charge is 0.372 e. The Morgan fingerprint density at radius 3 is 2.52 bits per heavy atom. The lowest BCUT2D eigenvalue weighted by atomic mass is 10.1. The fraction of sp³-hybridized carbons (Fsp3) is 0.520. The molecule has 2 N–H and O–H groups in total. The molecule has 0 saturated carbocycles. The fourth-order valence-electron chi connectivity index (χ4n) is 4.50. The first-order valence-corrected chi connectivity index (χ1v) is 11.8. The minimum Gasteiger partial charge on any atom is -0.372 e. The normalized spacial score (nSPS) is 18.1. The van der Waals surface area contributed by atoms with Gasteiger partial charge >= 0.3 is 0 Å². The summed E-state index contributed by atoms with van der Waals surface area (Å²) in [6.45, 7) is 9.37. The highest BCUT2D eigenvalue weighted by Gasteiger charge is 2.18. The highest BCUT2D eigenvalue weighted by atomic mass is 127. The molecule has 1 atom stereocenters. The molecule has 3 heterocycles. The van der Waals surface area contributed by atoms with Gasteiger partial charge in [-0.2, -0.15) is 0 Å². The lowest BCUT2D eigenvalue weighted by molar-refractivity contribution is 0.312. The van der Waals surface area contributed by atoms with E-state index in [1.54, 1.807) is 0 Å². The molecule has 0 amide bonds. The number of guanidine groups is 1. The summed E-state index contributed by atoms with van der Waals surface area (Å²) in [5, 5.41) is 7.05. The van der Waals surface area contributed by atoms with Gasteiger partial charge in [-0.05, 0) is 50.6 Å². The van der Waals surface area contributed by atoms with Gasteiger partial charge in [0, 0.05) is 70.3 Å². The average molecular weight is 564 g/mol. The first kappa shape index (κ1) is 25.6. The molecule has 0 bridgehead atoms. The van der Waals surface area contributed by atoms with Crippen LogP contribution in [-0.2, 0) is 6.54 Å². The second-order valence-electron chi connectivity index (χ2n) is 8.86. The third-order valence-corrected chi connectivity index (χ3v) is 6.53. The van der Waals surface area contributed by atoms with Crippen molar-refractivity contribution in [2.45, 2.75) is 32.4 Å². The molecule has 2 aliphatic heterocycles. The summed E-state index contributed by atoms with van der Waals surface area (Å²) >= 11 is 0.